The lowest BCUT2D eigenvalue weighted by atomic mass is 10.2. The summed E-state index contributed by atoms with van der Waals surface area (Å²) in [6.07, 6.45) is -3.58. The third-order valence-corrected chi connectivity index (χ3v) is 1.92. The number of nitrogens with zero attached hydrogens (tertiary/aromatic N) is 1. The number of hydrogen-bond donors (Lipinski definition) is 1. The maximum absolute atomic E-state index is 12.1. The van der Waals surface area contributed by atoms with E-state index in [2.05, 4.69) is 4.98 Å². The summed E-state index contributed by atoms with van der Waals surface area (Å²) >= 11 is 5.54. The average Bonchev–Trinajstić information content (AvgIpc) is 2.07. The molecule has 0 amide bonds. The Hall–Kier alpha value is -0.810. The molecule has 1 aromatic rings. The van der Waals surface area contributed by atoms with Gasteiger partial charge in [0.1, 0.15) is 0 Å². The van der Waals surface area contributed by atoms with Gasteiger partial charge in [0.15, 0.2) is 0 Å². The normalized spacial score (nSPS) is 11.8. The molecule has 0 radical (unpaired) electrons. The summed E-state index contributed by atoms with van der Waals surface area (Å²) in [6, 6.07) is 0.805. The standard InChI is InChI=1S/C8H7ClF3NO/c9-6-3-5(8(10,11)12)4-13-7(6)1-2-14/h3-4,14H,1-2H2. The lowest BCUT2D eigenvalue weighted by Gasteiger charge is -2.08. The molecule has 0 saturated carbocycles. The van der Waals surface area contributed by atoms with Crippen LogP contribution in [0.25, 0.3) is 0 Å². The summed E-state index contributed by atoms with van der Waals surface area (Å²) < 4.78 is 36.4. The predicted molar refractivity (Wildman–Crippen MR) is 45.0 cm³/mol. The second kappa shape index (κ2) is 4.14. The Balaban J connectivity index is 3.01. The number of aliphatic hydroxyl groups excluding tert-OH is 1. The fraction of sp³-hybridized carbons (Fsp3) is 0.375. The molecule has 2 nitrogen and oxygen atoms in total. The SMILES string of the molecule is OCCc1ncc(C(F)(F)F)cc1Cl. The van der Waals surface area contributed by atoms with Crippen molar-refractivity contribution in [1.29, 1.82) is 0 Å². The molecule has 6 heteroatoms. The Labute approximate surface area is 83.3 Å². The van der Waals surface area contributed by atoms with Crippen molar-refractivity contribution < 1.29 is 18.3 Å². The van der Waals surface area contributed by atoms with Crippen LogP contribution in [0.3, 0.4) is 0 Å². The molecule has 0 unspecified atom stereocenters. The van der Waals surface area contributed by atoms with Crippen molar-refractivity contribution in [1.82, 2.24) is 4.98 Å². The fourth-order valence-electron chi connectivity index (χ4n) is 0.911. The minimum absolute atomic E-state index is 0.0751. The van der Waals surface area contributed by atoms with Crippen LogP contribution in [0.2, 0.25) is 5.02 Å². The van der Waals surface area contributed by atoms with Gasteiger partial charge < -0.3 is 5.11 Å². The minimum atomic E-state index is -4.44. The molecule has 1 heterocycles. The van der Waals surface area contributed by atoms with Crippen LogP contribution in [-0.2, 0) is 12.6 Å². The molecular weight excluding hydrogens is 219 g/mol. The highest BCUT2D eigenvalue weighted by Gasteiger charge is 2.31. The summed E-state index contributed by atoms with van der Waals surface area (Å²) in [7, 11) is 0. The molecule has 0 bridgehead atoms. The van der Waals surface area contributed by atoms with E-state index < -0.39 is 11.7 Å². The molecule has 14 heavy (non-hydrogen) atoms. The quantitative estimate of drug-likeness (QED) is 0.838. The summed E-state index contributed by atoms with van der Waals surface area (Å²) in [4.78, 5) is 3.52. The predicted octanol–water partition coefficient (Wildman–Crippen LogP) is 2.29. The van der Waals surface area contributed by atoms with Crippen LogP contribution >= 0.6 is 11.6 Å². The van der Waals surface area contributed by atoms with Crippen LogP contribution in [0.15, 0.2) is 12.3 Å². The van der Waals surface area contributed by atoms with E-state index in [0.717, 1.165) is 6.07 Å². The zero-order valence-electron chi connectivity index (χ0n) is 6.98. The number of aliphatic hydroxyl groups is 1. The third-order valence-electron chi connectivity index (χ3n) is 1.59. The fourth-order valence-corrected chi connectivity index (χ4v) is 1.17. The molecule has 0 aromatic carbocycles. The highest BCUT2D eigenvalue weighted by molar-refractivity contribution is 6.31. The highest BCUT2D eigenvalue weighted by atomic mass is 35.5. The molecule has 1 rings (SSSR count). The van der Waals surface area contributed by atoms with Crippen LogP contribution in [-0.4, -0.2) is 16.7 Å². The van der Waals surface area contributed by atoms with Gasteiger partial charge in [-0.25, -0.2) is 0 Å². The van der Waals surface area contributed by atoms with Gasteiger partial charge in [0, 0.05) is 19.2 Å². The molecule has 78 valence electrons. The monoisotopic (exact) mass is 225 g/mol. The van der Waals surface area contributed by atoms with Gasteiger partial charge in [0.05, 0.1) is 16.3 Å². The van der Waals surface area contributed by atoms with Crippen molar-refractivity contribution in [2.24, 2.45) is 0 Å². The second-order valence-electron chi connectivity index (χ2n) is 2.62. The van der Waals surface area contributed by atoms with E-state index in [1.807, 2.05) is 0 Å². The Kier molecular flexibility index (Phi) is 3.34. The van der Waals surface area contributed by atoms with Gasteiger partial charge >= 0.3 is 6.18 Å². The maximum Gasteiger partial charge on any atom is 0.417 e. The largest absolute Gasteiger partial charge is 0.417 e. The van der Waals surface area contributed by atoms with Crippen LogP contribution in [0.4, 0.5) is 13.2 Å². The zero-order chi connectivity index (χ0) is 10.8. The van der Waals surface area contributed by atoms with Crippen LogP contribution < -0.4 is 0 Å². The van der Waals surface area contributed by atoms with Gasteiger partial charge in [-0.05, 0) is 6.07 Å². The lowest BCUT2D eigenvalue weighted by molar-refractivity contribution is -0.137. The first-order chi connectivity index (χ1) is 6.45. The van der Waals surface area contributed by atoms with Gasteiger partial charge in [0.25, 0.3) is 0 Å². The molecule has 0 spiro atoms. The second-order valence-corrected chi connectivity index (χ2v) is 3.03. The summed E-state index contributed by atoms with van der Waals surface area (Å²) in [5.41, 5.74) is -0.619. The smallest absolute Gasteiger partial charge is 0.396 e. The molecule has 0 fully saturated rings. The number of halogens is 4. The Morgan fingerprint density at radius 1 is 1.43 bits per heavy atom. The summed E-state index contributed by atoms with van der Waals surface area (Å²) in [6.45, 7) is -0.196. The van der Waals surface area contributed by atoms with Crippen LogP contribution in [0, 0.1) is 0 Å². The van der Waals surface area contributed by atoms with E-state index in [1.54, 1.807) is 0 Å². The lowest BCUT2D eigenvalue weighted by Crippen LogP contribution is -2.07. The van der Waals surface area contributed by atoms with Gasteiger partial charge in [-0.1, -0.05) is 11.6 Å². The highest BCUT2D eigenvalue weighted by Crippen LogP contribution is 2.30. The first-order valence-electron chi connectivity index (χ1n) is 3.77. The number of hydrogen-bond acceptors (Lipinski definition) is 2. The Morgan fingerprint density at radius 3 is 2.50 bits per heavy atom. The van der Waals surface area contributed by atoms with Crippen LogP contribution in [0.5, 0.6) is 0 Å². The van der Waals surface area contributed by atoms with E-state index in [9.17, 15) is 13.2 Å². The molecule has 0 aliphatic carbocycles. The van der Waals surface area contributed by atoms with E-state index >= 15 is 0 Å². The first-order valence-corrected chi connectivity index (χ1v) is 4.15. The molecule has 1 N–H and O–H groups in total. The van der Waals surface area contributed by atoms with Gasteiger partial charge in [-0.3, -0.25) is 4.98 Å². The summed E-state index contributed by atoms with van der Waals surface area (Å²) in [5, 5.41) is 8.48. The Bertz CT molecular complexity index is 327. The van der Waals surface area contributed by atoms with Crippen molar-refractivity contribution in [3.8, 4) is 0 Å². The topological polar surface area (TPSA) is 33.1 Å². The zero-order valence-corrected chi connectivity index (χ0v) is 7.73. The molecule has 1 aromatic heterocycles. The number of rotatable bonds is 2. The van der Waals surface area contributed by atoms with E-state index in [0.29, 0.717) is 6.20 Å². The maximum atomic E-state index is 12.1. The van der Waals surface area contributed by atoms with Crippen LogP contribution in [0.1, 0.15) is 11.3 Å². The number of alkyl halides is 3. The van der Waals surface area contributed by atoms with E-state index in [4.69, 9.17) is 16.7 Å². The molecule has 0 aliphatic heterocycles. The average molecular weight is 226 g/mol. The molecule has 0 atom stereocenters. The van der Waals surface area contributed by atoms with Crippen molar-refractivity contribution >= 4 is 11.6 Å². The van der Waals surface area contributed by atoms with Gasteiger partial charge in [-0.15, -0.1) is 0 Å². The van der Waals surface area contributed by atoms with Gasteiger partial charge in [-0.2, -0.15) is 13.2 Å². The van der Waals surface area contributed by atoms with E-state index in [1.165, 1.54) is 0 Å². The first kappa shape index (κ1) is 11.3. The number of aromatic nitrogens is 1. The van der Waals surface area contributed by atoms with E-state index in [-0.39, 0.29) is 23.7 Å². The minimum Gasteiger partial charge on any atom is -0.396 e. The van der Waals surface area contributed by atoms with Crippen molar-refractivity contribution in [3.05, 3.63) is 28.5 Å². The Morgan fingerprint density at radius 2 is 2.07 bits per heavy atom. The van der Waals surface area contributed by atoms with Crippen molar-refractivity contribution in [3.63, 3.8) is 0 Å². The molecule has 0 saturated heterocycles. The van der Waals surface area contributed by atoms with Gasteiger partial charge in [0.2, 0.25) is 0 Å². The molecule has 0 aliphatic rings. The molecular formula is C8H7ClF3NO. The summed E-state index contributed by atoms with van der Waals surface area (Å²) in [5.74, 6) is 0. The van der Waals surface area contributed by atoms with Crippen molar-refractivity contribution in [2.45, 2.75) is 12.6 Å². The van der Waals surface area contributed by atoms with Crippen molar-refractivity contribution in [2.75, 3.05) is 6.61 Å². The third kappa shape index (κ3) is 2.59. The number of pyridine rings is 1.